The third-order valence-corrected chi connectivity index (χ3v) is 15.1. The molecule has 0 saturated heterocycles. The summed E-state index contributed by atoms with van der Waals surface area (Å²) in [6.45, 7) is 0. The van der Waals surface area contributed by atoms with E-state index in [2.05, 4.69) is 334 Å². The maximum absolute atomic E-state index is 2.41. The van der Waals surface area contributed by atoms with Crippen molar-refractivity contribution in [2.75, 3.05) is 9.80 Å². The van der Waals surface area contributed by atoms with Crippen LogP contribution in [0, 0.1) is 0 Å². The van der Waals surface area contributed by atoms with Crippen molar-refractivity contribution >= 4 is 89.9 Å². The Morgan fingerprint density at radius 2 is 0.564 bits per heavy atom. The molecule has 78 heavy (non-hydrogen) atoms. The van der Waals surface area contributed by atoms with Crippen LogP contribution in [-0.4, -0.2) is 9.13 Å². The summed E-state index contributed by atoms with van der Waals surface area (Å²) < 4.78 is 4.75. The third-order valence-electron chi connectivity index (χ3n) is 15.1. The minimum Gasteiger partial charge on any atom is -0.310 e. The molecule has 0 atom stereocenters. The van der Waals surface area contributed by atoms with Gasteiger partial charge in [0.2, 0.25) is 0 Å². The zero-order valence-corrected chi connectivity index (χ0v) is 42.8. The minimum atomic E-state index is 1.07. The predicted molar refractivity (Wildman–Crippen MR) is 331 cm³/mol. The molecule has 4 nitrogen and oxygen atoms in total. The van der Waals surface area contributed by atoms with Crippen molar-refractivity contribution in [3.05, 3.63) is 314 Å². The molecule has 0 aliphatic rings. The first-order chi connectivity index (χ1) is 38.7. The summed E-state index contributed by atoms with van der Waals surface area (Å²) in [5.41, 5.74) is 20.4. The summed E-state index contributed by atoms with van der Waals surface area (Å²) in [5, 5.41) is 4.85. The lowest BCUT2D eigenvalue weighted by molar-refractivity contribution is 1.18. The number of rotatable bonds is 12. The topological polar surface area (TPSA) is 16.3 Å². The van der Waals surface area contributed by atoms with Gasteiger partial charge < -0.3 is 18.9 Å². The van der Waals surface area contributed by atoms with Crippen LogP contribution in [0.2, 0.25) is 0 Å². The molecule has 0 radical (unpaired) electrons. The molecular formula is C74H52N4. The predicted octanol–water partition coefficient (Wildman–Crippen LogP) is 20.3. The van der Waals surface area contributed by atoms with E-state index >= 15 is 0 Å². The summed E-state index contributed by atoms with van der Waals surface area (Å²) in [4.78, 5) is 4.81. The number of aromatic nitrogens is 2. The van der Waals surface area contributed by atoms with Gasteiger partial charge in [0.25, 0.3) is 0 Å². The van der Waals surface area contributed by atoms with Crippen LogP contribution in [0.4, 0.5) is 34.1 Å². The highest BCUT2D eigenvalue weighted by atomic mass is 15.2. The first kappa shape index (κ1) is 46.1. The van der Waals surface area contributed by atoms with Crippen LogP contribution >= 0.6 is 0 Å². The molecule has 4 heteroatoms. The van der Waals surface area contributed by atoms with Crippen molar-refractivity contribution in [3.8, 4) is 33.6 Å². The van der Waals surface area contributed by atoms with E-state index in [-0.39, 0.29) is 0 Å². The van der Waals surface area contributed by atoms with E-state index in [0.29, 0.717) is 0 Å². The van der Waals surface area contributed by atoms with Crippen LogP contribution in [0.3, 0.4) is 0 Å². The molecule has 0 N–H and O–H groups in total. The fourth-order valence-corrected chi connectivity index (χ4v) is 11.5. The van der Waals surface area contributed by atoms with Gasteiger partial charge in [-0.3, -0.25) is 0 Å². The number of fused-ring (bicyclic) bond motifs is 6. The van der Waals surface area contributed by atoms with Crippen molar-refractivity contribution in [3.63, 3.8) is 0 Å². The van der Waals surface area contributed by atoms with Crippen molar-refractivity contribution < 1.29 is 0 Å². The Labute approximate surface area is 454 Å². The van der Waals surface area contributed by atoms with E-state index in [0.717, 1.165) is 67.8 Å². The molecule has 14 aromatic rings. The van der Waals surface area contributed by atoms with Gasteiger partial charge in [-0.15, -0.1) is 0 Å². The Balaban J connectivity index is 0.825. The van der Waals surface area contributed by atoms with Crippen LogP contribution in [0.5, 0.6) is 0 Å². The molecule has 0 unspecified atom stereocenters. The van der Waals surface area contributed by atoms with Crippen LogP contribution in [0.25, 0.3) is 89.4 Å². The quantitative estimate of drug-likeness (QED) is 0.113. The van der Waals surface area contributed by atoms with Crippen LogP contribution < -0.4 is 9.80 Å². The van der Waals surface area contributed by atoms with Gasteiger partial charge in [-0.25, -0.2) is 0 Å². The van der Waals surface area contributed by atoms with Gasteiger partial charge in [0, 0.05) is 66.8 Å². The van der Waals surface area contributed by atoms with Gasteiger partial charge >= 0.3 is 0 Å². The Morgan fingerprint density at radius 3 is 0.974 bits per heavy atom. The zero-order chi connectivity index (χ0) is 51.8. The molecule has 0 bridgehead atoms. The molecule has 0 amide bonds. The highest BCUT2D eigenvalue weighted by molar-refractivity contribution is 6.12. The average Bonchev–Trinajstić information content (AvgIpc) is 4.20. The maximum atomic E-state index is 2.41. The molecule has 0 aliphatic carbocycles. The number of hydrogen-bond acceptors (Lipinski definition) is 2. The van der Waals surface area contributed by atoms with Gasteiger partial charge in [-0.1, -0.05) is 206 Å². The lowest BCUT2D eigenvalue weighted by atomic mass is 10.0. The van der Waals surface area contributed by atoms with Gasteiger partial charge in [0.1, 0.15) is 0 Å². The zero-order valence-electron chi connectivity index (χ0n) is 42.8. The summed E-state index contributed by atoms with van der Waals surface area (Å²) in [6, 6.07) is 109. The number of nitrogens with zero attached hydrogens (tertiary/aromatic N) is 4. The Bertz CT molecular complexity index is 4170. The smallest absolute Gasteiger partial charge is 0.0542 e. The first-order valence-electron chi connectivity index (χ1n) is 26.7. The lowest BCUT2D eigenvalue weighted by Crippen LogP contribution is -2.11. The summed E-state index contributed by atoms with van der Waals surface area (Å²) in [7, 11) is 0. The van der Waals surface area contributed by atoms with Crippen molar-refractivity contribution in [1.82, 2.24) is 9.13 Å². The largest absolute Gasteiger partial charge is 0.310 e. The molecule has 368 valence electrons. The van der Waals surface area contributed by atoms with Crippen LogP contribution in [-0.2, 0) is 0 Å². The molecule has 0 spiro atoms. The number of hydrogen-bond donors (Lipinski definition) is 0. The average molecular weight is 997 g/mol. The SMILES string of the molecule is C(=Cc1ccc(N(c2ccc3c(c2)c2ccccc2n3-c2ccccc2)c2ccccc2-c2ccccc2)cc1)c1ccc(N(c2ccc3c(c2)c2ccccc2n3-c2ccccc2)c2ccccc2-c2ccccc2)cc1. The van der Waals surface area contributed by atoms with Crippen molar-refractivity contribution in [2.24, 2.45) is 0 Å². The third kappa shape index (κ3) is 8.39. The second-order valence-electron chi connectivity index (χ2n) is 19.7. The van der Waals surface area contributed by atoms with E-state index in [1.807, 2.05) is 0 Å². The molecule has 0 fully saturated rings. The highest BCUT2D eigenvalue weighted by Gasteiger charge is 2.22. The first-order valence-corrected chi connectivity index (χ1v) is 26.7. The number of para-hydroxylation sites is 6. The van der Waals surface area contributed by atoms with E-state index < -0.39 is 0 Å². The summed E-state index contributed by atoms with van der Waals surface area (Å²) in [5.74, 6) is 0. The maximum Gasteiger partial charge on any atom is 0.0542 e. The molecule has 14 rings (SSSR count). The minimum absolute atomic E-state index is 1.07. The normalized spacial score (nSPS) is 11.5. The molecular weight excluding hydrogens is 945 g/mol. The number of benzene rings is 12. The van der Waals surface area contributed by atoms with E-state index in [9.17, 15) is 0 Å². The monoisotopic (exact) mass is 996 g/mol. The van der Waals surface area contributed by atoms with Gasteiger partial charge in [-0.05, 0) is 131 Å². The number of anilines is 6. The Morgan fingerprint density at radius 1 is 0.244 bits per heavy atom. The molecule has 12 aromatic carbocycles. The van der Waals surface area contributed by atoms with Gasteiger partial charge in [0.05, 0.1) is 33.4 Å². The van der Waals surface area contributed by atoms with E-state index in [4.69, 9.17) is 0 Å². The van der Waals surface area contributed by atoms with Crippen LogP contribution in [0.1, 0.15) is 11.1 Å². The fraction of sp³-hybridized carbons (Fsp3) is 0. The molecule has 0 aliphatic heterocycles. The standard InChI is InChI=1S/C74H52N4/c1-5-21-55(22-6-1)63-29-13-17-33-69(63)75(61-47-49-73-67(51-61)65-31-15-19-35-71(65)77(73)57-25-9-3-10-26-57)59-43-39-53(40-44-59)37-38-54-41-45-60(46-42-54)76(70-34-18-14-30-64(70)56-23-7-2-8-24-56)62-48-50-74-68(52-62)66-32-16-20-36-72(66)78(74)58-27-11-4-12-28-58/h1-52H. The molecule has 2 heterocycles. The van der Waals surface area contributed by atoms with Crippen molar-refractivity contribution in [2.45, 2.75) is 0 Å². The summed E-state index contributed by atoms with van der Waals surface area (Å²) in [6.07, 6.45) is 4.43. The van der Waals surface area contributed by atoms with Gasteiger partial charge in [0.15, 0.2) is 0 Å². The second-order valence-corrected chi connectivity index (χ2v) is 19.7. The van der Waals surface area contributed by atoms with Gasteiger partial charge in [-0.2, -0.15) is 0 Å². The Hall–Kier alpha value is -10.4. The Kier molecular flexibility index (Phi) is 11.8. The van der Waals surface area contributed by atoms with Crippen LogP contribution in [0.15, 0.2) is 303 Å². The highest BCUT2D eigenvalue weighted by Crippen LogP contribution is 2.46. The fourth-order valence-electron chi connectivity index (χ4n) is 11.5. The lowest BCUT2D eigenvalue weighted by Gasteiger charge is -2.28. The van der Waals surface area contributed by atoms with E-state index in [1.165, 1.54) is 54.7 Å². The molecule has 2 aromatic heterocycles. The van der Waals surface area contributed by atoms with E-state index in [1.54, 1.807) is 0 Å². The van der Waals surface area contributed by atoms with Crippen molar-refractivity contribution in [1.29, 1.82) is 0 Å². The summed E-state index contributed by atoms with van der Waals surface area (Å²) >= 11 is 0. The molecule has 0 saturated carbocycles. The second kappa shape index (κ2) is 20.0.